The molecule has 0 bridgehead atoms. The zero-order valence-corrected chi connectivity index (χ0v) is 11.7. The second-order valence-corrected chi connectivity index (χ2v) is 4.89. The highest BCUT2D eigenvalue weighted by Gasteiger charge is 2.07. The Morgan fingerprint density at radius 3 is 2.74 bits per heavy atom. The second kappa shape index (κ2) is 6.44. The van der Waals surface area contributed by atoms with E-state index >= 15 is 0 Å². The molecule has 0 atom stereocenters. The van der Waals surface area contributed by atoms with E-state index in [1.54, 1.807) is 0 Å². The minimum absolute atomic E-state index is 0.0343. The van der Waals surface area contributed by atoms with Crippen LogP contribution in [-0.4, -0.2) is 32.6 Å². The van der Waals surface area contributed by atoms with Gasteiger partial charge in [-0.3, -0.25) is 4.68 Å². The average Bonchev–Trinajstić information content (AvgIpc) is 2.86. The van der Waals surface area contributed by atoms with Crippen molar-refractivity contribution in [3.8, 4) is 0 Å². The van der Waals surface area contributed by atoms with Gasteiger partial charge in [-0.1, -0.05) is 33.3 Å². The molecule has 0 aliphatic carbocycles. The summed E-state index contributed by atoms with van der Waals surface area (Å²) in [6.07, 6.45) is 1.42. The maximum atomic E-state index is 10.6. The van der Waals surface area contributed by atoms with E-state index in [0.29, 0.717) is 13.1 Å². The van der Waals surface area contributed by atoms with Crippen molar-refractivity contribution < 1.29 is 9.90 Å². The molecule has 1 heterocycles. The molecule has 0 aliphatic heterocycles. The minimum Gasteiger partial charge on any atom is -0.476 e. The molecule has 6 nitrogen and oxygen atoms in total. The molecule has 19 heavy (non-hydrogen) atoms. The third-order valence-corrected chi connectivity index (χ3v) is 3.05. The average molecular weight is 325 g/mol. The molecule has 7 heteroatoms. The van der Waals surface area contributed by atoms with E-state index < -0.39 is 5.97 Å². The summed E-state index contributed by atoms with van der Waals surface area (Å²) in [6, 6.07) is 8.06. The molecule has 0 fully saturated rings. The Morgan fingerprint density at radius 2 is 2.11 bits per heavy atom. The maximum absolute atomic E-state index is 10.6. The number of carbonyl (C=O) groups is 1. The lowest BCUT2D eigenvalue weighted by Crippen LogP contribution is -2.19. The first-order valence-corrected chi connectivity index (χ1v) is 6.53. The largest absolute Gasteiger partial charge is 0.476 e. The predicted molar refractivity (Wildman–Crippen MR) is 72.8 cm³/mol. The van der Waals surface area contributed by atoms with Gasteiger partial charge in [0.05, 0.1) is 12.7 Å². The Bertz CT molecular complexity index is 553. The summed E-state index contributed by atoms with van der Waals surface area (Å²) >= 11 is 3.38. The fourth-order valence-corrected chi connectivity index (χ4v) is 1.80. The third-order valence-electron chi connectivity index (χ3n) is 2.52. The Labute approximate surface area is 118 Å². The highest BCUT2D eigenvalue weighted by Crippen LogP contribution is 2.10. The van der Waals surface area contributed by atoms with Crippen molar-refractivity contribution in [2.75, 3.05) is 6.54 Å². The van der Waals surface area contributed by atoms with Crippen LogP contribution in [0.25, 0.3) is 0 Å². The van der Waals surface area contributed by atoms with Crippen molar-refractivity contribution in [1.82, 2.24) is 20.3 Å². The molecule has 0 saturated carbocycles. The molecule has 0 amide bonds. The van der Waals surface area contributed by atoms with Gasteiger partial charge in [0.1, 0.15) is 0 Å². The predicted octanol–water partition coefficient (Wildman–Crippen LogP) is 1.53. The number of nitrogens with zero attached hydrogens (tertiary/aromatic N) is 3. The summed E-state index contributed by atoms with van der Waals surface area (Å²) in [4.78, 5) is 10.6. The fourth-order valence-electron chi connectivity index (χ4n) is 1.53. The number of hydrogen-bond acceptors (Lipinski definition) is 4. The smallest absolute Gasteiger partial charge is 0.358 e. The van der Waals surface area contributed by atoms with Crippen LogP contribution in [0.1, 0.15) is 16.1 Å². The van der Waals surface area contributed by atoms with Crippen LogP contribution in [0.5, 0.6) is 0 Å². The van der Waals surface area contributed by atoms with E-state index in [9.17, 15) is 4.79 Å². The molecular formula is C12H13BrN4O2. The van der Waals surface area contributed by atoms with Crippen LogP contribution in [0.3, 0.4) is 0 Å². The molecular weight excluding hydrogens is 312 g/mol. The number of benzene rings is 1. The standard InChI is InChI=1S/C12H13BrN4O2/c13-10-3-1-9(2-4-10)7-14-5-6-17-8-11(12(18)19)15-16-17/h1-4,8,14H,5-7H2,(H,18,19). The highest BCUT2D eigenvalue weighted by molar-refractivity contribution is 9.10. The summed E-state index contributed by atoms with van der Waals surface area (Å²) in [5.74, 6) is -1.06. The zero-order chi connectivity index (χ0) is 13.7. The van der Waals surface area contributed by atoms with Gasteiger partial charge >= 0.3 is 5.97 Å². The molecule has 1 aromatic carbocycles. The lowest BCUT2D eigenvalue weighted by molar-refractivity contribution is 0.0690. The van der Waals surface area contributed by atoms with Gasteiger partial charge in [-0.05, 0) is 17.7 Å². The van der Waals surface area contributed by atoms with Crippen LogP contribution < -0.4 is 5.32 Å². The molecule has 0 spiro atoms. The van der Waals surface area contributed by atoms with Crippen LogP contribution >= 0.6 is 15.9 Å². The maximum Gasteiger partial charge on any atom is 0.358 e. The van der Waals surface area contributed by atoms with E-state index in [0.717, 1.165) is 11.0 Å². The van der Waals surface area contributed by atoms with Crippen molar-refractivity contribution in [2.24, 2.45) is 0 Å². The molecule has 0 radical (unpaired) electrons. The summed E-state index contributed by atoms with van der Waals surface area (Å²) in [5.41, 5.74) is 1.15. The van der Waals surface area contributed by atoms with Gasteiger partial charge < -0.3 is 10.4 Å². The van der Waals surface area contributed by atoms with E-state index in [4.69, 9.17) is 5.11 Å². The fraction of sp³-hybridized carbons (Fsp3) is 0.250. The van der Waals surface area contributed by atoms with E-state index in [1.807, 2.05) is 24.3 Å². The number of halogens is 1. The van der Waals surface area contributed by atoms with Crippen LogP contribution in [0.4, 0.5) is 0 Å². The van der Waals surface area contributed by atoms with Crippen molar-refractivity contribution in [1.29, 1.82) is 0 Å². The van der Waals surface area contributed by atoms with Crippen LogP contribution in [0.2, 0.25) is 0 Å². The summed E-state index contributed by atoms with van der Waals surface area (Å²) in [5, 5.41) is 19.2. The van der Waals surface area contributed by atoms with Crippen LogP contribution in [0, 0.1) is 0 Å². The van der Waals surface area contributed by atoms with E-state index in [-0.39, 0.29) is 5.69 Å². The number of aromatic carboxylic acids is 1. The first kappa shape index (κ1) is 13.7. The molecule has 0 unspecified atom stereocenters. The normalized spacial score (nSPS) is 10.6. The van der Waals surface area contributed by atoms with Crippen molar-refractivity contribution in [3.05, 3.63) is 46.2 Å². The monoisotopic (exact) mass is 324 g/mol. The first-order valence-electron chi connectivity index (χ1n) is 5.74. The number of rotatable bonds is 6. The van der Waals surface area contributed by atoms with Crippen molar-refractivity contribution in [3.63, 3.8) is 0 Å². The summed E-state index contributed by atoms with van der Waals surface area (Å²) < 4.78 is 2.57. The van der Waals surface area contributed by atoms with Gasteiger partial charge in [0, 0.05) is 17.6 Å². The second-order valence-electron chi connectivity index (χ2n) is 3.98. The summed E-state index contributed by atoms with van der Waals surface area (Å²) in [6.45, 7) is 2.03. The van der Waals surface area contributed by atoms with Gasteiger partial charge in [0.2, 0.25) is 0 Å². The Kier molecular flexibility index (Phi) is 4.64. The van der Waals surface area contributed by atoms with Crippen LogP contribution in [-0.2, 0) is 13.1 Å². The lowest BCUT2D eigenvalue weighted by atomic mass is 10.2. The minimum atomic E-state index is -1.06. The van der Waals surface area contributed by atoms with Gasteiger partial charge in [-0.25, -0.2) is 4.79 Å². The van der Waals surface area contributed by atoms with Crippen LogP contribution in [0.15, 0.2) is 34.9 Å². The molecule has 1 aromatic heterocycles. The third kappa shape index (κ3) is 4.15. The van der Waals surface area contributed by atoms with Crippen molar-refractivity contribution in [2.45, 2.75) is 13.1 Å². The molecule has 100 valence electrons. The Hall–Kier alpha value is -1.73. The Balaban J connectivity index is 1.74. The molecule has 2 N–H and O–H groups in total. The molecule has 0 aliphatic rings. The summed E-state index contributed by atoms with van der Waals surface area (Å²) in [7, 11) is 0. The SMILES string of the molecule is O=C(O)c1cn(CCNCc2ccc(Br)cc2)nn1. The quantitative estimate of drug-likeness (QED) is 0.788. The van der Waals surface area contributed by atoms with Gasteiger partial charge in [0.25, 0.3) is 0 Å². The number of aromatic nitrogens is 3. The number of nitrogens with one attached hydrogen (secondary N) is 1. The van der Waals surface area contributed by atoms with E-state index in [2.05, 4.69) is 31.6 Å². The van der Waals surface area contributed by atoms with Crippen molar-refractivity contribution >= 4 is 21.9 Å². The first-order chi connectivity index (χ1) is 9.15. The molecule has 0 saturated heterocycles. The zero-order valence-electron chi connectivity index (χ0n) is 10.1. The number of carboxylic acids is 1. The van der Waals surface area contributed by atoms with Gasteiger partial charge in [0.15, 0.2) is 5.69 Å². The molecule has 2 rings (SSSR count). The highest BCUT2D eigenvalue weighted by atomic mass is 79.9. The number of carboxylic acid groups (broad SMARTS) is 1. The molecule has 2 aromatic rings. The Morgan fingerprint density at radius 1 is 1.37 bits per heavy atom. The number of hydrogen-bond donors (Lipinski definition) is 2. The van der Waals surface area contributed by atoms with E-state index in [1.165, 1.54) is 16.4 Å². The van der Waals surface area contributed by atoms with Gasteiger partial charge in [-0.2, -0.15) is 0 Å². The lowest BCUT2D eigenvalue weighted by Gasteiger charge is -2.04. The topological polar surface area (TPSA) is 80.0 Å². The van der Waals surface area contributed by atoms with Gasteiger partial charge in [-0.15, -0.1) is 5.10 Å².